The lowest BCUT2D eigenvalue weighted by molar-refractivity contribution is -0.140. The van der Waals surface area contributed by atoms with Gasteiger partial charge < -0.3 is 30.0 Å². The number of hydrogen-bond donors (Lipinski definition) is 2. The van der Waals surface area contributed by atoms with Gasteiger partial charge in [0.1, 0.15) is 0 Å². The quantitative estimate of drug-likeness (QED) is 0.229. The molecule has 0 bridgehead atoms. The van der Waals surface area contributed by atoms with Gasteiger partial charge in [-0.3, -0.25) is 4.79 Å². The van der Waals surface area contributed by atoms with Crippen LogP contribution < -0.4 is 11.1 Å². The zero-order valence-electron chi connectivity index (χ0n) is 23.4. The number of halogens is 6. The number of esters is 2. The van der Waals surface area contributed by atoms with Gasteiger partial charge in [-0.05, 0) is 61.1 Å². The topological polar surface area (TPSA) is 126 Å². The van der Waals surface area contributed by atoms with Gasteiger partial charge in [-0.1, -0.05) is 0 Å². The number of amides is 1. The lowest BCUT2D eigenvalue weighted by Crippen LogP contribution is -2.18. The van der Waals surface area contributed by atoms with Crippen LogP contribution in [0.1, 0.15) is 87.8 Å². The van der Waals surface area contributed by atoms with Crippen LogP contribution in [0.2, 0.25) is 0 Å². The first-order valence-corrected chi connectivity index (χ1v) is 13.0. The molecule has 2 aliphatic heterocycles. The van der Waals surface area contributed by atoms with Crippen LogP contribution in [0.5, 0.6) is 0 Å². The first-order chi connectivity index (χ1) is 20.1. The molecule has 0 aromatic heterocycles. The molecule has 2 aromatic carbocycles. The SMILES string of the molecule is COC(=O)c1cc(C2CCCO2)c(C(F)(F)F)cc1N.COC(=O)c1cc(C2CCCO2)c(C(F)(F)F)cc1NC(C)=O. The molecule has 2 heterocycles. The standard InChI is InChI=1S/C15H16F3NO4.C13H14F3NO3/c1-8(20)19-12-7-11(15(16,17)18)9(13-4-3-5-23-13)6-10(12)14(21)22-2;1-19-12(18)8-5-7(11-3-2-4-20-11)9(6-10(8)17)13(14,15)16/h6-7,13H,3-5H2,1-2H3,(H,19,20);5-6,11H,2-4,17H2,1H3. The summed E-state index contributed by atoms with van der Waals surface area (Å²) in [4.78, 5) is 34.6. The Morgan fingerprint density at radius 2 is 1.23 bits per heavy atom. The van der Waals surface area contributed by atoms with E-state index in [4.69, 9.17) is 15.2 Å². The maximum atomic E-state index is 13.3. The summed E-state index contributed by atoms with van der Waals surface area (Å²) in [5.41, 5.74) is 2.83. The minimum Gasteiger partial charge on any atom is -0.465 e. The van der Waals surface area contributed by atoms with Gasteiger partial charge in [-0.2, -0.15) is 26.3 Å². The molecule has 2 aromatic rings. The first kappa shape index (κ1) is 33.6. The zero-order valence-corrected chi connectivity index (χ0v) is 23.4. The predicted octanol–water partition coefficient (Wildman–Crippen LogP) is 6.23. The second-order valence-corrected chi connectivity index (χ2v) is 9.67. The molecule has 2 aliphatic rings. The Morgan fingerprint density at radius 1 is 0.791 bits per heavy atom. The number of alkyl halides is 6. The van der Waals surface area contributed by atoms with Gasteiger partial charge in [0.05, 0.1) is 54.4 Å². The third kappa shape index (κ3) is 8.16. The van der Waals surface area contributed by atoms with Crippen molar-refractivity contribution in [1.82, 2.24) is 0 Å². The molecule has 15 heteroatoms. The molecule has 1 amide bonds. The van der Waals surface area contributed by atoms with Crippen molar-refractivity contribution < 1.29 is 59.7 Å². The number of anilines is 2. The number of carbonyl (C=O) groups excluding carboxylic acids is 3. The number of methoxy groups -OCH3 is 2. The smallest absolute Gasteiger partial charge is 0.416 e. The average Bonchev–Trinajstić information content (AvgIpc) is 3.66. The second kappa shape index (κ2) is 13.6. The van der Waals surface area contributed by atoms with E-state index in [9.17, 15) is 40.7 Å². The number of benzene rings is 2. The number of rotatable bonds is 5. The van der Waals surface area contributed by atoms with Crippen LogP contribution in [0.25, 0.3) is 0 Å². The molecule has 0 aliphatic carbocycles. The summed E-state index contributed by atoms with van der Waals surface area (Å²) in [7, 11) is 2.26. The molecular weight excluding hydrogens is 590 g/mol. The van der Waals surface area contributed by atoms with Crippen molar-refractivity contribution in [3.8, 4) is 0 Å². The third-order valence-corrected chi connectivity index (χ3v) is 6.70. The monoisotopic (exact) mass is 620 g/mol. The van der Waals surface area contributed by atoms with Gasteiger partial charge in [0.15, 0.2) is 0 Å². The zero-order chi connectivity index (χ0) is 32.1. The molecule has 4 rings (SSSR count). The van der Waals surface area contributed by atoms with Crippen LogP contribution in [0, 0.1) is 0 Å². The molecule has 0 saturated carbocycles. The number of ether oxygens (including phenoxy) is 4. The lowest BCUT2D eigenvalue weighted by Gasteiger charge is -2.20. The Labute approximate surface area is 242 Å². The van der Waals surface area contributed by atoms with Gasteiger partial charge in [0.25, 0.3) is 0 Å². The number of nitrogens with one attached hydrogen (secondary N) is 1. The Balaban J connectivity index is 0.000000238. The van der Waals surface area contributed by atoms with Gasteiger partial charge in [-0.15, -0.1) is 0 Å². The van der Waals surface area contributed by atoms with E-state index >= 15 is 0 Å². The van der Waals surface area contributed by atoms with E-state index in [1.54, 1.807) is 0 Å². The van der Waals surface area contributed by atoms with Crippen LogP contribution >= 0.6 is 0 Å². The van der Waals surface area contributed by atoms with Gasteiger partial charge in [0, 0.05) is 25.8 Å². The summed E-state index contributed by atoms with van der Waals surface area (Å²) in [6.07, 6.45) is -8.36. The van der Waals surface area contributed by atoms with Crippen molar-refractivity contribution in [2.75, 3.05) is 38.5 Å². The maximum absolute atomic E-state index is 13.3. The molecule has 236 valence electrons. The largest absolute Gasteiger partial charge is 0.465 e. The number of nitrogens with two attached hydrogens (primary N) is 1. The van der Waals surface area contributed by atoms with Crippen LogP contribution in [0.4, 0.5) is 37.7 Å². The average molecular weight is 621 g/mol. The van der Waals surface area contributed by atoms with Crippen LogP contribution in [-0.2, 0) is 36.1 Å². The van der Waals surface area contributed by atoms with E-state index in [1.165, 1.54) is 0 Å². The van der Waals surface area contributed by atoms with E-state index in [1.807, 2.05) is 0 Å². The summed E-state index contributed by atoms with van der Waals surface area (Å²) < 4.78 is 99.0. The maximum Gasteiger partial charge on any atom is 0.416 e. The molecule has 0 spiro atoms. The van der Waals surface area contributed by atoms with E-state index < -0.39 is 53.5 Å². The summed E-state index contributed by atoms with van der Waals surface area (Å²) in [5.74, 6) is -2.19. The number of hydrogen-bond acceptors (Lipinski definition) is 8. The first-order valence-electron chi connectivity index (χ1n) is 13.0. The van der Waals surface area contributed by atoms with Crippen LogP contribution in [0.15, 0.2) is 24.3 Å². The second-order valence-electron chi connectivity index (χ2n) is 9.67. The van der Waals surface area contributed by atoms with Crippen molar-refractivity contribution in [1.29, 1.82) is 0 Å². The van der Waals surface area contributed by atoms with Crippen LogP contribution in [0.3, 0.4) is 0 Å². The highest BCUT2D eigenvalue weighted by atomic mass is 19.4. The molecule has 2 unspecified atom stereocenters. The van der Waals surface area contributed by atoms with Crippen molar-refractivity contribution in [2.45, 2.75) is 57.2 Å². The fraction of sp³-hybridized carbons (Fsp3) is 0.464. The summed E-state index contributed by atoms with van der Waals surface area (Å²) >= 11 is 0. The van der Waals surface area contributed by atoms with E-state index in [-0.39, 0.29) is 33.6 Å². The van der Waals surface area contributed by atoms with Crippen molar-refractivity contribution in [3.05, 3.63) is 57.6 Å². The molecule has 3 N–H and O–H groups in total. The van der Waals surface area contributed by atoms with E-state index in [0.717, 1.165) is 45.4 Å². The molecule has 2 fully saturated rings. The highest BCUT2D eigenvalue weighted by molar-refractivity contribution is 6.01. The lowest BCUT2D eigenvalue weighted by atomic mass is 9.95. The van der Waals surface area contributed by atoms with Crippen molar-refractivity contribution in [3.63, 3.8) is 0 Å². The van der Waals surface area contributed by atoms with Gasteiger partial charge in [-0.25, -0.2) is 9.59 Å². The fourth-order valence-electron chi connectivity index (χ4n) is 4.78. The molecule has 0 radical (unpaired) electrons. The van der Waals surface area contributed by atoms with Crippen molar-refractivity contribution >= 4 is 29.2 Å². The summed E-state index contributed by atoms with van der Waals surface area (Å²) in [6, 6.07) is 3.74. The Bertz CT molecular complexity index is 1350. The highest BCUT2D eigenvalue weighted by Gasteiger charge is 2.39. The minimum absolute atomic E-state index is 0.0652. The van der Waals surface area contributed by atoms with Gasteiger partial charge >= 0.3 is 24.3 Å². The molecule has 43 heavy (non-hydrogen) atoms. The Kier molecular flexibility index (Phi) is 10.7. The minimum atomic E-state index is -4.64. The van der Waals surface area contributed by atoms with Gasteiger partial charge in [0.2, 0.25) is 5.91 Å². The summed E-state index contributed by atoms with van der Waals surface area (Å²) in [6.45, 7) is 1.91. The number of carbonyl (C=O) groups is 3. The Hall–Kier alpha value is -3.85. The highest BCUT2D eigenvalue weighted by Crippen LogP contribution is 2.43. The Morgan fingerprint density at radius 3 is 1.63 bits per heavy atom. The van der Waals surface area contributed by atoms with E-state index in [2.05, 4.69) is 14.8 Å². The third-order valence-electron chi connectivity index (χ3n) is 6.70. The number of nitrogen functional groups attached to an aromatic ring is 1. The van der Waals surface area contributed by atoms with E-state index in [0.29, 0.717) is 38.9 Å². The molecule has 2 atom stereocenters. The predicted molar refractivity (Wildman–Crippen MR) is 140 cm³/mol. The molecule has 9 nitrogen and oxygen atoms in total. The fourth-order valence-corrected chi connectivity index (χ4v) is 4.78. The molecular formula is C28H30F6N2O7. The van der Waals surface area contributed by atoms with Crippen molar-refractivity contribution in [2.24, 2.45) is 0 Å². The normalized spacial score (nSPS) is 18.4. The molecule has 2 saturated heterocycles. The van der Waals surface area contributed by atoms with Crippen LogP contribution in [-0.4, -0.2) is 45.3 Å². The summed E-state index contributed by atoms with van der Waals surface area (Å²) in [5, 5.41) is 2.24.